The maximum atomic E-state index is 12.0. The second-order valence-electron chi connectivity index (χ2n) is 3.23. The minimum Gasteiger partial charge on any atom is -0.482 e. The lowest BCUT2D eigenvalue weighted by Crippen LogP contribution is -2.19. The van der Waals surface area contributed by atoms with Crippen molar-refractivity contribution in [2.75, 3.05) is 6.61 Å². The third-order valence-electron chi connectivity index (χ3n) is 1.90. The van der Waals surface area contributed by atoms with Gasteiger partial charge in [0.1, 0.15) is 11.3 Å². The fourth-order valence-electron chi connectivity index (χ4n) is 1.26. The van der Waals surface area contributed by atoms with Crippen LogP contribution in [0.3, 0.4) is 0 Å². The van der Waals surface area contributed by atoms with E-state index < -0.39 is 12.8 Å². The Hall–Kier alpha value is -1.37. The second kappa shape index (κ2) is 4.48. The molecule has 0 aliphatic heterocycles. The van der Waals surface area contributed by atoms with Crippen LogP contribution >= 0.6 is 15.9 Å². The van der Waals surface area contributed by atoms with Gasteiger partial charge in [0.25, 0.3) is 0 Å². The van der Waals surface area contributed by atoms with Crippen molar-refractivity contribution in [3.05, 3.63) is 29.0 Å². The highest BCUT2D eigenvalue weighted by atomic mass is 79.9. The van der Waals surface area contributed by atoms with Crippen LogP contribution in [0.2, 0.25) is 0 Å². The molecule has 2 rings (SSSR count). The van der Waals surface area contributed by atoms with Gasteiger partial charge in [0.15, 0.2) is 6.61 Å². The third kappa shape index (κ3) is 3.06. The number of alkyl halides is 3. The zero-order chi connectivity index (χ0) is 12.5. The lowest BCUT2D eigenvalue weighted by atomic mass is 10.3. The summed E-state index contributed by atoms with van der Waals surface area (Å²) in [5.74, 6) is 0.0693. The molecule has 0 radical (unpaired) electrons. The Morgan fingerprint density at radius 1 is 1.29 bits per heavy atom. The number of halogens is 4. The summed E-state index contributed by atoms with van der Waals surface area (Å²) in [6, 6.07) is 3.01. The molecule has 7 heteroatoms. The zero-order valence-electron chi connectivity index (χ0n) is 8.33. The molecule has 0 atom stereocenters. The van der Waals surface area contributed by atoms with Crippen molar-refractivity contribution >= 4 is 27.0 Å². The van der Waals surface area contributed by atoms with Gasteiger partial charge in [0, 0.05) is 22.9 Å². The quantitative estimate of drug-likeness (QED) is 0.853. The summed E-state index contributed by atoms with van der Waals surface area (Å²) in [7, 11) is 0. The Morgan fingerprint density at radius 2 is 2.06 bits per heavy atom. The SMILES string of the molecule is FC(F)(F)COc1ccnc2cc(Br)cnc12. The van der Waals surface area contributed by atoms with Gasteiger partial charge in [-0.2, -0.15) is 13.2 Å². The topological polar surface area (TPSA) is 35.0 Å². The first-order valence-corrected chi connectivity index (χ1v) is 5.35. The fraction of sp³-hybridized carbons (Fsp3) is 0.200. The number of ether oxygens (including phenoxy) is 1. The molecule has 0 amide bonds. The Bertz CT molecular complexity index is 545. The highest BCUT2D eigenvalue weighted by Gasteiger charge is 2.28. The van der Waals surface area contributed by atoms with Crippen molar-refractivity contribution in [3.63, 3.8) is 0 Å². The number of rotatable bonds is 2. The van der Waals surface area contributed by atoms with Crippen molar-refractivity contribution in [3.8, 4) is 5.75 Å². The number of nitrogens with zero attached hydrogens (tertiary/aromatic N) is 2. The zero-order valence-corrected chi connectivity index (χ0v) is 9.92. The van der Waals surface area contributed by atoms with E-state index in [1.165, 1.54) is 18.5 Å². The molecule has 0 unspecified atom stereocenters. The molecular weight excluding hydrogens is 301 g/mol. The number of aromatic nitrogens is 2. The van der Waals surface area contributed by atoms with Gasteiger partial charge in [-0.1, -0.05) is 0 Å². The third-order valence-corrected chi connectivity index (χ3v) is 2.33. The molecule has 0 N–H and O–H groups in total. The van der Waals surface area contributed by atoms with E-state index in [0.717, 1.165) is 0 Å². The van der Waals surface area contributed by atoms with Gasteiger partial charge in [0.2, 0.25) is 0 Å². The standard InChI is InChI=1S/C10H6BrF3N2O/c11-6-3-7-9(16-4-6)8(1-2-15-7)17-5-10(12,13)14/h1-4H,5H2. The lowest BCUT2D eigenvalue weighted by Gasteiger charge is -2.10. The van der Waals surface area contributed by atoms with Gasteiger partial charge in [-0.3, -0.25) is 4.98 Å². The van der Waals surface area contributed by atoms with Crippen molar-refractivity contribution in [2.45, 2.75) is 6.18 Å². The predicted molar refractivity (Wildman–Crippen MR) is 58.8 cm³/mol. The van der Waals surface area contributed by atoms with Crippen LogP contribution < -0.4 is 4.74 Å². The van der Waals surface area contributed by atoms with Gasteiger partial charge in [-0.25, -0.2) is 4.98 Å². The molecule has 0 bridgehead atoms. The smallest absolute Gasteiger partial charge is 0.422 e. The van der Waals surface area contributed by atoms with Crippen molar-refractivity contribution in [1.29, 1.82) is 0 Å². The highest BCUT2D eigenvalue weighted by molar-refractivity contribution is 9.10. The monoisotopic (exact) mass is 306 g/mol. The Balaban J connectivity index is 2.34. The van der Waals surface area contributed by atoms with Gasteiger partial charge in [0.05, 0.1) is 5.52 Å². The molecule has 0 aliphatic rings. The maximum absolute atomic E-state index is 12.0. The summed E-state index contributed by atoms with van der Waals surface area (Å²) < 4.78 is 41.5. The number of hydrogen-bond donors (Lipinski definition) is 0. The van der Waals surface area contributed by atoms with E-state index in [-0.39, 0.29) is 5.75 Å². The van der Waals surface area contributed by atoms with E-state index in [0.29, 0.717) is 15.5 Å². The van der Waals surface area contributed by atoms with Gasteiger partial charge in [-0.05, 0) is 22.0 Å². The molecule has 0 aromatic carbocycles. The molecule has 0 aliphatic carbocycles. The predicted octanol–water partition coefficient (Wildman–Crippen LogP) is 3.33. The molecule has 0 fully saturated rings. The van der Waals surface area contributed by atoms with Crippen LogP contribution in [0.4, 0.5) is 13.2 Å². The Kier molecular flexibility index (Phi) is 3.19. The van der Waals surface area contributed by atoms with Crippen molar-refractivity contribution in [2.24, 2.45) is 0 Å². The Morgan fingerprint density at radius 3 is 2.76 bits per heavy atom. The number of fused-ring (bicyclic) bond motifs is 1. The first-order chi connectivity index (χ1) is 7.96. The summed E-state index contributed by atoms with van der Waals surface area (Å²) in [4.78, 5) is 7.97. The van der Waals surface area contributed by atoms with E-state index >= 15 is 0 Å². The molecule has 0 saturated carbocycles. The van der Waals surface area contributed by atoms with E-state index in [1.54, 1.807) is 6.07 Å². The molecule has 2 aromatic rings. The van der Waals surface area contributed by atoms with E-state index in [4.69, 9.17) is 0 Å². The minimum absolute atomic E-state index is 0.0693. The van der Waals surface area contributed by atoms with E-state index in [9.17, 15) is 13.2 Å². The molecule has 90 valence electrons. The van der Waals surface area contributed by atoms with Crippen LogP contribution in [0.25, 0.3) is 11.0 Å². The van der Waals surface area contributed by atoms with Gasteiger partial charge < -0.3 is 4.74 Å². The summed E-state index contributed by atoms with van der Waals surface area (Å²) in [6.45, 7) is -1.34. The normalized spacial score (nSPS) is 11.8. The molecule has 0 saturated heterocycles. The maximum Gasteiger partial charge on any atom is 0.422 e. The summed E-state index contributed by atoms with van der Waals surface area (Å²) in [5, 5.41) is 0. The summed E-state index contributed by atoms with van der Waals surface area (Å²) in [6.07, 6.45) is -1.52. The van der Waals surface area contributed by atoms with Crippen LogP contribution in [0.5, 0.6) is 5.75 Å². The average molecular weight is 307 g/mol. The van der Waals surface area contributed by atoms with Crippen LogP contribution in [0.1, 0.15) is 0 Å². The number of hydrogen-bond acceptors (Lipinski definition) is 3. The molecule has 0 spiro atoms. The van der Waals surface area contributed by atoms with Gasteiger partial charge in [-0.15, -0.1) is 0 Å². The van der Waals surface area contributed by atoms with Crippen molar-refractivity contribution in [1.82, 2.24) is 9.97 Å². The van der Waals surface area contributed by atoms with Crippen LogP contribution in [0, 0.1) is 0 Å². The van der Waals surface area contributed by atoms with Crippen LogP contribution in [-0.2, 0) is 0 Å². The molecule has 2 heterocycles. The first-order valence-electron chi connectivity index (χ1n) is 4.55. The number of pyridine rings is 2. The Labute approximate surface area is 103 Å². The van der Waals surface area contributed by atoms with E-state index in [1.807, 2.05) is 0 Å². The van der Waals surface area contributed by atoms with Crippen LogP contribution in [-0.4, -0.2) is 22.8 Å². The van der Waals surface area contributed by atoms with Crippen LogP contribution in [0.15, 0.2) is 29.0 Å². The highest BCUT2D eigenvalue weighted by Crippen LogP contribution is 2.25. The molecular formula is C10H6BrF3N2O. The fourth-order valence-corrected chi connectivity index (χ4v) is 1.58. The summed E-state index contributed by atoms with van der Waals surface area (Å²) >= 11 is 3.20. The molecule has 17 heavy (non-hydrogen) atoms. The van der Waals surface area contributed by atoms with Crippen molar-refractivity contribution < 1.29 is 17.9 Å². The largest absolute Gasteiger partial charge is 0.482 e. The first kappa shape index (κ1) is 12.1. The average Bonchev–Trinajstić information content (AvgIpc) is 2.24. The van der Waals surface area contributed by atoms with Gasteiger partial charge >= 0.3 is 6.18 Å². The molecule has 3 nitrogen and oxygen atoms in total. The summed E-state index contributed by atoms with van der Waals surface area (Å²) in [5.41, 5.74) is 0.777. The molecule has 2 aromatic heterocycles. The van der Waals surface area contributed by atoms with E-state index in [2.05, 4.69) is 30.6 Å². The second-order valence-corrected chi connectivity index (χ2v) is 4.15. The lowest BCUT2D eigenvalue weighted by molar-refractivity contribution is -0.153. The minimum atomic E-state index is -4.37.